The number of aromatic carboxylic acids is 1. The summed E-state index contributed by atoms with van der Waals surface area (Å²) in [5.74, 6) is -0.212. The number of rotatable bonds is 3. The second-order valence-corrected chi connectivity index (χ2v) is 3.13. The Hall–Kier alpha value is -2.29. The first-order valence-corrected chi connectivity index (χ1v) is 4.74. The van der Waals surface area contributed by atoms with Crippen molar-refractivity contribution < 1.29 is 14.6 Å². The maximum absolute atomic E-state index is 10.9. The van der Waals surface area contributed by atoms with Gasteiger partial charge in [0.2, 0.25) is 0 Å². The van der Waals surface area contributed by atoms with Gasteiger partial charge >= 0.3 is 5.97 Å². The molecule has 0 atom stereocenters. The van der Waals surface area contributed by atoms with E-state index < -0.39 is 5.97 Å². The Balaban J connectivity index is 2.31. The van der Waals surface area contributed by atoms with E-state index in [1.165, 1.54) is 6.07 Å². The molecule has 2 aromatic carbocycles. The van der Waals surface area contributed by atoms with Crippen LogP contribution >= 0.6 is 0 Å². The normalized spacial score (nSPS) is 9.75. The molecule has 0 unspecified atom stereocenters. The molecule has 0 spiro atoms. The predicted molar refractivity (Wildman–Crippen MR) is 58.8 cm³/mol. The largest absolute Gasteiger partial charge is 0.478 e. The van der Waals surface area contributed by atoms with Gasteiger partial charge < -0.3 is 9.84 Å². The quantitative estimate of drug-likeness (QED) is 0.852. The summed E-state index contributed by atoms with van der Waals surface area (Å²) >= 11 is 0. The van der Waals surface area contributed by atoms with Crippen LogP contribution < -0.4 is 4.74 Å². The number of carboxylic acid groups (broad SMARTS) is 1. The van der Waals surface area contributed by atoms with Crippen molar-refractivity contribution in [1.29, 1.82) is 0 Å². The molecule has 79 valence electrons. The Kier molecular flexibility index (Phi) is 2.87. The summed E-state index contributed by atoms with van der Waals surface area (Å²) in [6.07, 6.45) is 0. The van der Waals surface area contributed by atoms with Gasteiger partial charge in [0.15, 0.2) is 0 Å². The van der Waals surface area contributed by atoms with E-state index in [0.717, 1.165) is 0 Å². The van der Waals surface area contributed by atoms with Crippen LogP contribution in [0.1, 0.15) is 10.4 Å². The van der Waals surface area contributed by atoms with Gasteiger partial charge in [-0.2, -0.15) is 0 Å². The molecule has 0 bridgehead atoms. The fourth-order valence-corrected chi connectivity index (χ4v) is 1.28. The molecule has 0 aliphatic rings. The van der Waals surface area contributed by atoms with Crippen LogP contribution in [0.5, 0.6) is 11.5 Å². The van der Waals surface area contributed by atoms with Gasteiger partial charge in [-0.3, -0.25) is 0 Å². The zero-order chi connectivity index (χ0) is 11.4. The summed E-state index contributed by atoms with van der Waals surface area (Å²) in [4.78, 5) is 10.9. The maximum Gasteiger partial charge on any atom is 0.339 e. The number of carbonyl (C=O) groups is 1. The van der Waals surface area contributed by atoms with Gasteiger partial charge in [0.1, 0.15) is 17.1 Å². The lowest BCUT2D eigenvalue weighted by molar-refractivity contribution is 0.0694. The molecule has 1 radical (unpaired) electrons. The smallest absolute Gasteiger partial charge is 0.339 e. The molecular formula is C13H9O3. The molecule has 0 heterocycles. The molecule has 0 saturated carbocycles. The number of ether oxygens (including phenoxy) is 1. The minimum Gasteiger partial charge on any atom is -0.478 e. The van der Waals surface area contributed by atoms with Crippen molar-refractivity contribution in [2.24, 2.45) is 0 Å². The topological polar surface area (TPSA) is 46.5 Å². The molecule has 3 nitrogen and oxygen atoms in total. The summed E-state index contributed by atoms with van der Waals surface area (Å²) in [5.41, 5.74) is 0.103. The third kappa shape index (κ3) is 2.20. The Labute approximate surface area is 92.9 Å². The van der Waals surface area contributed by atoms with Crippen molar-refractivity contribution in [2.75, 3.05) is 0 Å². The van der Waals surface area contributed by atoms with Crippen LogP contribution in [0, 0.1) is 6.07 Å². The van der Waals surface area contributed by atoms with Gasteiger partial charge in [0.25, 0.3) is 0 Å². The van der Waals surface area contributed by atoms with Crippen LogP contribution in [0.25, 0.3) is 0 Å². The van der Waals surface area contributed by atoms with Crippen LogP contribution in [0.3, 0.4) is 0 Å². The minimum absolute atomic E-state index is 0.103. The Bertz CT molecular complexity index is 492. The lowest BCUT2D eigenvalue weighted by Crippen LogP contribution is -1.99. The first-order valence-electron chi connectivity index (χ1n) is 4.74. The fourth-order valence-electron chi connectivity index (χ4n) is 1.28. The molecule has 0 aromatic heterocycles. The van der Waals surface area contributed by atoms with Crippen molar-refractivity contribution in [1.82, 2.24) is 0 Å². The summed E-state index contributed by atoms with van der Waals surface area (Å²) in [5, 5.41) is 8.94. The van der Waals surface area contributed by atoms with Crippen molar-refractivity contribution in [3.63, 3.8) is 0 Å². The molecule has 2 aromatic rings. The van der Waals surface area contributed by atoms with E-state index in [1.807, 2.05) is 18.2 Å². The summed E-state index contributed by atoms with van der Waals surface area (Å²) in [7, 11) is 0. The molecule has 0 aliphatic heterocycles. The summed E-state index contributed by atoms with van der Waals surface area (Å²) in [6, 6.07) is 16.5. The summed E-state index contributed by atoms with van der Waals surface area (Å²) in [6.45, 7) is 0. The maximum atomic E-state index is 10.9. The van der Waals surface area contributed by atoms with Crippen molar-refractivity contribution in [3.8, 4) is 11.5 Å². The summed E-state index contributed by atoms with van der Waals surface area (Å²) < 4.78 is 5.43. The number of benzene rings is 2. The third-order valence-corrected chi connectivity index (χ3v) is 2.01. The third-order valence-electron chi connectivity index (χ3n) is 2.01. The van der Waals surface area contributed by atoms with Crippen LogP contribution in [0.15, 0.2) is 48.5 Å². The van der Waals surface area contributed by atoms with E-state index in [-0.39, 0.29) is 11.3 Å². The molecule has 16 heavy (non-hydrogen) atoms. The molecule has 0 saturated heterocycles. The highest BCUT2D eigenvalue weighted by atomic mass is 16.5. The van der Waals surface area contributed by atoms with Crippen LogP contribution in [0.4, 0.5) is 0 Å². The van der Waals surface area contributed by atoms with Crippen LogP contribution in [-0.4, -0.2) is 11.1 Å². The van der Waals surface area contributed by atoms with Crippen LogP contribution in [0.2, 0.25) is 0 Å². The zero-order valence-corrected chi connectivity index (χ0v) is 8.38. The number of hydrogen-bond acceptors (Lipinski definition) is 2. The molecular weight excluding hydrogens is 204 g/mol. The average Bonchev–Trinajstić information content (AvgIpc) is 2.31. The van der Waals surface area contributed by atoms with Crippen molar-refractivity contribution in [2.45, 2.75) is 0 Å². The lowest BCUT2D eigenvalue weighted by Gasteiger charge is -2.07. The number of hydrogen-bond donors (Lipinski definition) is 1. The monoisotopic (exact) mass is 213 g/mol. The van der Waals surface area contributed by atoms with E-state index in [4.69, 9.17) is 9.84 Å². The molecule has 0 amide bonds. The second-order valence-electron chi connectivity index (χ2n) is 3.13. The van der Waals surface area contributed by atoms with Gasteiger partial charge in [-0.1, -0.05) is 30.3 Å². The first kappa shape index (κ1) is 10.2. The average molecular weight is 213 g/mol. The zero-order valence-electron chi connectivity index (χ0n) is 8.38. The van der Waals surface area contributed by atoms with Gasteiger partial charge in [0, 0.05) is 6.07 Å². The van der Waals surface area contributed by atoms with Gasteiger partial charge in [-0.25, -0.2) is 4.79 Å². The Morgan fingerprint density at radius 2 is 1.88 bits per heavy atom. The molecule has 0 fully saturated rings. The van der Waals surface area contributed by atoms with Gasteiger partial charge in [-0.05, 0) is 18.2 Å². The molecule has 1 N–H and O–H groups in total. The highest BCUT2D eigenvalue weighted by molar-refractivity contribution is 5.90. The molecule has 2 rings (SSSR count). The van der Waals surface area contributed by atoms with Crippen LogP contribution in [-0.2, 0) is 0 Å². The highest BCUT2D eigenvalue weighted by Gasteiger charge is 2.10. The van der Waals surface area contributed by atoms with E-state index in [1.54, 1.807) is 24.3 Å². The molecule has 0 aliphatic carbocycles. The van der Waals surface area contributed by atoms with E-state index in [2.05, 4.69) is 6.07 Å². The van der Waals surface area contributed by atoms with E-state index in [9.17, 15) is 4.79 Å². The van der Waals surface area contributed by atoms with Gasteiger partial charge in [-0.15, -0.1) is 0 Å². The second kappa shape index (κ2) is 4.49. The first-order chi connectivity index (χ1) is 7.77. The van der Waals surface area contributed by atoms with Crippen molar-refractivity contribution in [3.05, 3.63) is 60.2 Å². The number of carboxylic acids is 1. The predicted octanol–water partition coefficient (Wildman–Crippen LogP) is 2.98. The van der Waals surface area contributed by atoms with Gasteiger partial charge in [0.05, 0.1) is 0 Å². The number of para-hydroxylation sites is 2. The standard InChI is InChI=1S/C13H9O3/c14-13(15)11-8-4-5-9-12(11)16-10-6-2-1-3-7-10/h1-8H,(H,14,15). The Morgan fingerprint density at radius 3 is 2.56 bits per heavy atom. The lowest BCUT2D eigenvalue weighted by atomic mass is 10.2. The van der Waals surface area contributed by atoms with Crippen molar-refractivity contribution >= 4 is 5.97 Å². The van der Waals surface area contributed by atoms with E-state index >= 15 is 0 Å². The SMILES string of the molecule is O=C(O)c1ccc[c]c1Oc1ccccc1. The minimum atomic E-state index is -1.03. The highest BCUT2D eigenvalue weighted by Crippen LogP contribution is 2.24. The fraction of sp³-hybridized carbons (Fsp3) is 0. The Morgan fingerprint density at radius 1 is 1.12 bits per heavy atom. The molecule has 3 heteroatoms. The van der Waals surface area contributed by atoms with E-state index in [0.29, 0.717) is 5.75 Å².